The monoisotopic (exact) mass is 456 g/mol. The van der Waals surface area contributed by atoms with E-state index in [1.54, 1.807) is 6.07 Å². The molecule has 0 fully saturated rings. The van der Waals surface area contributed by atoms with Crippen molar-refractivity contribution in [3.63, 3.8) is 0 Å². The van der Waals surface area contributed by atoms with Crippen molar-refractivity contribution in [3.05, 3.63) is 52.5 Å². The second-order valence-electron chi connectivity index (χ2n) is 5.75. The number of carbonyl (C=O) groups excluding carboxylic acids is 1. The van der Waals surface area contributed by atoms with Crippen LogP contribution in [0.25, 0.3) is 0 Å². The normalized spacial score (nSPS) is 14.2. The lowest BCUT2D eigenvalue weighted by molar-refractivity contribution is -0.242. The summed E-state index contributed by atoms with van der Waals surface area (Å²) >= 11 is 11.8. The van der Waals surface area contributed by atoms with Crippen molar-refractivity contribution in [2.24, 2.45) is 0 Å². The van der Waals surface area contributed by atoms with Crippen molar-refractivity contribution in [1.82, 2.24) is 0 Å². The maximum absolute atomic E-state index is 12.7. The predicted octanol–water partition coefficient (Wildman–Crippen LogP) is 4.05. The highest BCUT2D eigenvalue weighted by atomic mass is 35.5. The van der Waals surface area contributed by atoms with Gasteiger partial charge in [-0.3, -0.25) is 9.52 Å². The van der Waals surface area contributed by atoms with Crippen molar-refractivity contribution in [1.29, 1.82) is 0 Å². The molecule has 0 aliphatic heterocycles. The van der Waals surface area contributed by atoms with Gasteiger partial charge in [0.1, 0.15) is 4.90 Å². The van der Waals surface area contributed by atoms with Crippen LogP contribution in [0.5, 0.6) is 0 Å². The molecule has 0 aliphatic rings. The Hall–Kier alpha value is -2.01. The number of alkyl halides is 3. The fourth-order valence-electron chi connectivity index (χ4n) is 1.93. The number of amides is 1. The number of rotatable bonds is 5. The third kappa shape index (κ3) is 4.69. The minimum absolute atomic E-state index is 0.0145. The van der Waals surface area contributed by atoms with Crippen LogP contribution in [-0.4, -0.2) is 31.2 Å². The average Bonchev–Trinajstić information content (AvgIpc) is 2.56. The van der Waals surface area contributed by atoms with Crippen LogP contribution in [0.15, 0.2) is 47.4 Å². The zero-order valence-electron chi connectivity index (χ0n) is 14.0. The number of hydrogen-bond acceptors (Lipinski definition) is 4. The first-order valence-corrected chi connectivity index (χ1v) is 9.67. The van der Waals surface area contributed by atoms with Gasteiger partial charge in [-0.2, -0.15) is 13.2 Å². The number of anilines is 2. The highest BCUT2D eigenvalue weighted by molar-refractivity contribution is 7.92. The van der Waals surface area contributed by atoms with Crippen molar-refractivity contribution in [2.75, 3.05) is 10.0 Å². The zero-order valence-corrected chi connectivity index (χ0v) is 16.3. The Balaban J connectivity index is 2.23. The summed E-state index contributed by atoms with van der Waals surface area (Å²) in [6.07, 6.45) is -5.20. The minimum atomic E-state index is -5.20. The van der Waals surface area contributed by atoms with Crippen molar-refractivity contribution < 1.29 is 31.5 Å². The van der Waals surface area contributed by atoms with Gasteiger partial charge in [-0.05, 0) is 37.3 Å². The molecule has 0 heterocycles. The Morgan fingerprint density at radius 1 is 1.07 bits per heavy atom. The summed E-state index contributed by atoms with van der Waals surface area (Å²) in [5, 5.41) is 10.9. The molecule has 0 radical (unpaired) electrons. The summed E-state index contributed by atoms with van der Waals surface area (Å²) in [7, 11) is -4.06. The van der Waals surface area contributed by atoms with E-state index in [9.17, 15) is 31.5 Å². The van der Waals surface area contributed by atoms with Crippen LogP contribution in [0.4, 0.5) is 24.5 Å². The lowest BCUT2D eigenvalue weighted by atomic mass is 10.1. The molecule has 0 unspecified atom stereocenters. The number of carbonyl (C=O) groups is 1. The Morgan fingerprint density at radius 3 is 2.21 bits per heavy atom. The molecule has 0 aromatic heterocycles. The Bertz CT molecular complexity index is 1010. The van der Waals surface area contributed by atoms with Gasteiger partial charge < -0.3 is 10.4 Å². The minimum Gasteiger partial charge on any atom is -0.373 e. The number of hydrogen-bond donors (Lipinski definition) is 3. The van der Waals surface area contributed by atoms with E-state index in [1.165, 1.54) is 18.2 Å². The lowest BCUT2D eigenvalue weighted by Crippen LogP contribution is -2.52. The van der Waals surface area contributed by atoms with Gasteiger partial charge in [0.25, 0.3) is 15.9 Å². The van der Waals surface area contributed by atoms with Crippen LogP contribution >= 0.6 is 23.2 Å². The summed E-state index contributed by atoms with van der Waals surface area (Å²) in [4.78, 5) is 11.5. The summed E-state index contributed by atoms with van der Waals surface area (Å²) in [6, 6.07) is 9.00. The molecule has 1 amide bonds. The van der Waals surface area contributed by atoms with Gasteiger partial charge in [-0.25, -0.2) is 8.42 Å². The van der Waals surface area contributed by atoms with Crippen LogP contribution in [0.1, 0.15) is 6.92 Å². The van der Waals surface area contributed by atoms with Crippen LogP contribution in [0.2, 0.25) is 10.0 Å². The Morgan fingerprint density at radius 2 is 1.68 bits per heavy atom. The maximum Gasteiger partial charge on any atom is 0.426 e. The first-order chi connectivity index (χ1) is 12.8. The topological polar surface area (TPSA) is 95.5 Å². The molecule has 0 aliphatic carbocycles. The molecule has 0 bridgehead atoms. The van der Waals surface area contributed by atoms with E-state index in [0.717, 1.165) is 18.2 Å². The van der Waals surface area contributed by atoms with Crippen molar-refractivity contribution >= 4 is 50.5 Å². The molecular weight excluding hydrogens is 444 g/mol. The molecule has 2 rings (SSSR count). The van der Waals surface area contributed by atoms with Gasteiger partial charge in [0.05, 0.1) is 21.4 Å². The number of aliphatic hydroxyl groups is 1. The fraction of sp³-hybridized carbons (Fsp3) is 0.188. The van der Waals surface area contributed by atoms with Crippen molar-refractivity contribution in [3.8, 4) is 0 Å². The van der Waals surface area contributed by atoms with Gasteiger partial charge in [0.15, 0.2) is 0 Å². The third-order valence-corrected chi connectivity index (χ3v) is 5.78. The summed E-state index contributed by atoms with van der Waals surface area (Å²) < 4.78 is 65.1. The highest BCUT2D eigenvalue weighted by Crippen LogP contribution is 2.33. The van der Waals surface area contributed by atoms with Gasteiger partial charge in [0, 0.05) is 0 Å². The van der Waals surface area contributed by atoms with E-state index in [4.69, 9.17) is 23.2 Å². The van der Waals surface area contributed by atoms with E-state index in [0.29, 0.717) is 6.92 Å². The lowest BCUT2D eigenvalue weighted by Gasteiger charge is -2.25. The van der Waals surface area contributed by atoms with E-state index < -0.39 is 27.7 Å². The Labute approximate surface area is 168 Å². The summed E-state index contributed by atoms with van der Waals surface area (Å²) in [5.41, 5.74) is -3.91. The quantitative estimate of drug-likeness (QED) is 0.632. The van der Waals surface area contributed by atoms with E-state index in [2.05, 4.69) is 4.72 Å². The predicted molar refractivity (Wildman–Crippen MR) is 99.0 cm³/mol. The van der Waals surface area contributed by atoms with Gasteiger partial charge in [0.2, 0.25) is 5.60 Å². The summed E-state index contributed by atoms with van der Waals surface area (Å²) in [6.45, 7) is 0.294. The van der Waals surface area contributed by atoms with E-state index in [-0.39, 0.29) is 26.3 Å². The standard InChI is InChI=1S/C16H13Cl2F3N2O4S/c1-15(25,16(19,20)21)14(24)22-12-7-6-9(8-11(12)18)23-28(26,27)13-5-3-2-4-10(13)17/h2-8,23,25H,1H3,(H,22,24)/t15-/m1/s1. The van der Waals surface area contributed by atoms with E-state index in [1.807, 2.05) is 5.32 Å². The van der Waals surface area contributed by atoms with Crippen LogP contribution in [0.3, 0.4) is 0 Å². The third-order valence-electron chi connectivity index (χ3n) is 3.59. The molecule has 0 saturated carbocycles. The number of halogens is 5. The highest BCUT2D eigenvalue weighted by Gasteiger charge is 2.55. The molecule has 0 saturated heterocycles. The van der Waals surface area contributed by atoms with Crippen molar-refractivity contribution in [2.45, 2.75) is 23.6 Å². The summed E-state index contributed by atoms with van der Waals surface area (Å²) in [5.74, 6) is -1.74. The molecule has 152 valence electrons. The SMILES string of the molecule is C[C@@](O)(C(=O)Nc1ccc(NS(=O)(=O)c2ccccc2Cl)cc1Cl)C(F)(F)F. The number of nitrogens with one attached hydrogen (secondary N) is 2. The average molecular weight is 457 g/mol. The number of sulfonamides is 1. The van der Waals surface area contributed by atoms with E-state index >= 15 is 0 Å². The second-order valence-corrected chi connectivity index (χ2v) is 8.22. The molecule has 2 aromatic rings. The first-order valence-electron chi connectivity index (χ1n) is 7.43. The van der Waals surface area contributed by atoms with Gasteiger partial charge in [-0.15, -0.1) is 0 Å². The molecule has 28 heavy (non-hydrogen) atoms. The first kappa shape index (κ1) is 22.3. The largest absolute Gasteiger partial charge is 0.426 e. The Kier molecular flexibility index (Phi) is 6.19. The van der Waals surface area contributed by atoms with Gasteiger partial charge >= 0.3 is 6.18 Å². The molecule has 0 spiro atoms. The molecular formula is C16H13Cl2F3N2O4S. The molecule has 6 nitrogen and oxygen atoms in total. The molecule has 1 atom stereocenters. The fourth-order valence-corrected chi connectivity index (χ4v) is 3.72. The maximum atomic E-state index is 12.7. The second kappa shape index (κ2) is 7.78. The smallest absolute Gasteiger partial charge is 0.373 e. The van der Waals surface area contributed by atoms with Gasteiger partial charge in [-0.1, -0.05) is 35.3 Å². The number of benzene rings is 2. The van der Waals surface area contributed by atoms with Crippen LogP contribution in [0, 0.1) is 0 Å². The zero-order chi connectivity index (χ0) is 21.3. The molecule has 12 heteroatoms. The van der Waals surface area contributed by atoms with Crippen LogP contribution < -0.4 is 10.0 Å². The van der Waals surface area contributed by atoms with Crippen LogP contribution in [-0.2, 0) is 14.8 Å². The molecule has 2 aromatic carbocycles. The molecule has 3 N–H and O–H groups in total.